The summed E-state index contributed by atoms with van der Waals surface area (Å²) in [6, 6.07) is 8.77. The van der Waals surface area contributed by atoms with Gasteiger partial charge in [-0.2, -0.15) is 0 Å². The van der Waals surface area contributed by atoms with Crippen LogP contribution in [0.5, 0.6) is 0 Å². The molecule has 102 valence electrons. The Morgan fingerprint density at radius 3 is 2.79 bits per heavy atom. The van der Waals surface area contributed by atoms with Gasteiger partial charge in [0.2, 0.25) is 5.91 Å². The van der Waals surface area contributed by atoms with Gasteiger partial charge in [-0.05, 0) is 18.6 Å². The first kappa shape index (κ1) is 13.9. The summed E-state index contributed by atoms with van der Waals surface area (Å²) < 4.78 is 0. The average Bonchev–Trinajstić information content (AvgIpc) is 2.94. The van der Waals surface area contributed by atoms with Gasteiger partial charge < -0.3 is 10.2 Å². The number of thioether (sulfide) groups is 1. The highest BCUT2D eigenvalue weighted by molar-refractivity contribution is 7.99. The van der Waals surface area contributed by atoms with E-state index in [1.807, 2.05) is 25.1 Å². The van der Waals surface area contributed by atoms with E-state index >= 15 is 0 Å². The Morgan fingerprint density at radius 2 is 2.11 bits per heavy atom. The van der Waals surface area contributed by atoms with Crippen molar-refractivity contribution < 1.29 is 9.59 Å². The maximum absolute atomic E-state index is 12.4. The van der Waals surface area contributed by atoms with Crippen molar-refractivity contribution >= 4 is 23.6 Å². The van der Waals surface area contributed by atoms with Gasteiger partial charge in [-0.15, -0.1) is 11.8 Å². The standard InChI is InChI=1S/C14H18N2O2S/c1-2-8-15-13(17)12-9-19-10-16(12)14(18)11-6-4-3-5-7-11/h3-7,12H,2,8-10H2,1H3,(H,15,17). The fraction of sp³-hybridized carbons (Fsp3) is 0.429. The highest BCUT2D eigenvalue weighted by atomic mass is 32.2. The summed E-state index contributed by atoms with van der Waals surface area (Å²) in [7, 11) is 0. The van der Waals surface area contributed by atoms with Crippen molar-refractivity contribution in [2.24, 2.45) is 0 Å². The minimum absolute atomic E-state index is 0.0452. The molecule has 19 heavy (non-hydrogen) atoms. The Balaban J connectivity index is 2.06. The monoisotopic (exact) mass is 278 g/mol. The number of carbonyl (C=O) groups is 2. The molecule has 1 aliphatic heterocycles. The van der Waals surface area contributed by atoms with E-state index in [0.29, 0.717) is 23.7 Å². The second-order valence-electron chi connectivity index (χ2n) is 4.45. The predicted molar refractivity (Wildman–Crippen MR) is 77.0 cm³/mol. The van der Waals surface area contributed by atoms with E-state index in [1.54, 1.807) is 28.8 Å². The Labute approximate surface area is 117 Å². The lowest BCUT2D eigenvalue weighted by molar-refractivity contribution is -0.124. The predicted octanol–water partition coefficient (Wildman–Crippen LogP) is 1.73. The minimum atomic E-state index is -0.343. The lowest BCUT2D eigenvalue weighted by Crippen LogP contribution is -2.47. The number of benzene rings is 1. The molecule has 0 radical (unpaired) electrons. The largest absolute Gasteiger partial charge is 0.354 e. The highest BCUT2D eigenvalue weighted by Gasteiger charge is 2.34. The van der Waals surface area contributed by atoms with Crippen LogP contribution in [-0.2, 0) is 4.79 Å². The molecule has 5 heteroatoms. The van der Waals surface area contributed by atoms with Crippen molar-refractivity contribution in [1.82, 2.24) is 10.2 Å². The molecular formula is C14H18N2O2S. The van der Waals surface area contributed by atoms with E-state index in [-0.39, 0.29) is 17.9 Å². The molecule has 1 aliphatic rings. The lowest BCUT2D eigenvalue weighted by atomic mass is 10.1. The quantitative estimate of drug-likeness (QED) is 0.912. The molecule has 0 aliphatic carbocycles. The molecule has 2 amide bonds. The smallest absolute Gasteiger partial charge is 0.255 e. The molecule has 1 aromatic rings. The van der Waals surface area contributed by atoms with Gasteiger partial charge in [0, 0.05) is 17.9 Å². The van der Waals surface area contributed by atoms with Crippen molar-refractivity contribution in [1.29, 1.82) is 0 Å². The molecule has 0 aromatic heterocycles. The molecule has 1 fully saturated rings. The van der Waals surface area contributed by atoms with Gasteiger partial charge in [-0.3, -0.25) is 9.59 Å². The molecule has 0 bridgehead atoms. The van der Waals surface area contributed by atoms with Crippen molar-refractivity contribution in [2.45, 2.75) is 19.4 Å². The molecular weight excluding hydrogens is 260 g/mol. The third-order valence-corrected chi connectivity index (χ3v) is 4.03. The van der Waals surface area contributed by atoms with Crippen LogP contribution in [-0.4, -0.2) is 40.9 Å². The van der Waals surface area contributed by atoms with Crippen LogP contribution in [0.15, 0.2) is 30.3 Å². The number of rotatable bonds is 4. The molecule has 1 N–H and O–H groups in total. The number of hydrogen-bond donors (Lipinski definition) is 1. The first-order chi connectivity index (χ1) is 9.24. The van der Waals surface area contributed by atoms with Gasteiger partial charge in [0.1, 0.15) is 6.04 Å². The average molecular weight is 278 g/mol. The number of amides is 2. The van der Waals surface area contributed by atoms with Crippen LogP contribution in [0, 0.1) is 0 Å². The highest BCUT2D eigenvalue weighted by Crippen LogP contribution is 2.23. The second kappa shape index (κ2) is 6.61. The van der Waals surface area contributed by atoms with E-state index in [1.165, 1.54) is 0 Å². The van der Waals surface area contributed by atoms with Gasteiger partial charge in [0.05, 0.1) is 5.88 Å². The second-order valence-corrected chi connectivity index (χ2v) is 5.45. The van der Waals surface area contributed by atoms with Gasteiger partial charge in [0.15, 0.2) is 0 Å². The van der Waals surface area contributed by atoms with Gasteiger partial charge in [0.25, 0.3) is 5.91 Å². The first-order valence-corrected chi connectivity index (χ1v) is 7.61. The summed E-state index contributed by atoms with van der Waals surface area (Å²) in [5.41, 5.74) is 0.637. The summed E-state index contributed by atoms with van der Waals surface area (Å²) in [5.74, 6) is 1.14. The fourth-order valence-electron chi connectivity index (χ4n) is 1.97. The summed E-state index contributed by atoms with van der Waals surface area (Å²) in [4.78, 5) is 26.1. The molecule has 0 saturated carbocycles. The molecule has 1 atom stereocenters. The van der Waals surface area contributed by atoms with E-state index < -0.39 is 0 Å². The van der Waals surface area contributed by atoms with E-state index in [0.717, 1.165) is 6.42 Å². The Morgan fingerprint density at radius 1 is 1.37 bits per heavy atom. The number of hydrogen-bond acceptors (Lipinski definition) is 3. The third-order valence-electron chi connectivity index (χ3n) is 3.02. The molecule has 4 nitrogen and oxygen atoms in total. The summed E-state index contributed by atoms with van der Waals surface area (Å²) in [6.45, 7) is 2.67. The molecule has 1 heterocycles. The third kappa shape index (κ3) is 3.29. The summed E-state index contributed by atoms with van der Waals surface area (Å²) >= 11 is 1.62. The van der Waals surface area contributed by atoms with Crippen LogP contribution in [0.25, 0.3) is 0 Å². The van der Waals surface area contributed by atoms with Crippen LogP contribution in [0.3, 0.4) is 0 Å². The normalized spacial score (nSPS) is 18.4. The zero-order chi connectivity index (χ0) is 13.7. The molecule has 1 unspecified atom stereocenters. The Hall–Kier alpha value is -1.49. The van der Waals surface area contributed by atoms with E-state index in [9.17, 15) is 9.59 Å². The van der Waals surface area contributed by atoms with Crippen molar-refractivity contribution in [3.63, 3.8) is 0 Å². The van der Waals surface area contributed by atoms with Crippen LogP contribution in [0.1, 0.15) is 23.7 Å². The SMILES string of the molecule is CCCNC(=O)C1CSCN1C(=O)c1ccccc1. The van der Waals surface area contributed by atoms with Crippen molar-refractivity contribution in [3.05, 3.63) is 35.9 Å². The molecule has 0 spiro atoms. The number of nitrogens with zero attached hydrogens (tertiary/aromatic N) is 1. The Bertz CT molecular complexity index is 450. The molecule has 1 aromatic carbocycles. The zero-order valence-corrected chi connectivity index (χ0v) is 11.8. The lowest BCUT2D eigenvalue weighted by Gasteiger charge is -2.23. The van der Waals surface area contributed by atoms with Crippen LogP contribution >= 0.6 is 11.8 Å². The summed E-state index contributed by atoms with van der Waals surface area (Å²) in [6.07, 6.45) is 0.901. The zero-order valence-electron chi connectivity index (χ0n) is 11.0. The Kier molecular flexibility index (Phi) is 4.85. The van der Waals surface area contributed by atoms with Gasteiger partial charge >= 0.3 is 0 Å². The summed E-state index contributed by atoms with van der Waals surface area (Å²) in [5, 5.41) is 2.86. The molecule has 1 saturated heterocycles. The van der Waals surface area contributed by atoms with Crippen LogP contribution in [0.4, 0.5) is 0 Å². The van der Waals surface area contributed by atoms with E-state index in [4.69, 9.17) is 0 Å². The van der Waals surface area contributed by atoms with Crippen molar-refractivity contribution in [3.8, 4) is 0 Å². The maximum atomic E-state index is 12.4. The number of carbonyl (C=O) groups excluding carboxylic acids is 2. The maximum Gasteiger partial charge on any atom is 0.255 e. The van der Waals surface area contributed by atoms with Crippen LogP contribution in [0.2, 0.25) is 0 Å². The number of nitrogens with one attached hydrogen (secondary N) is 1. The van der Waals surface area contributed by atoms with E-state index in [2.05, 4.69) is 5.32 Å². The topological polar surface area (TPSA) is 49.4 Å². The van der Waals surface area contributed by atoms with Crippen LogP contribution < -0.4 is 5.32 Å². The van der Waals surface area contributed by atoms with Crippen molar-refractivity contribution in [2.75, 3.05) is 18.2 Å². The fourth-order valence-corrected chi connectivity index (χ4v) is 3.13. The minimum Gasteiger partial charge on any atom is -0.354 e. The molecule has 2 rings (SSSR count). The first-order valence-electron chi connectivity index (χ1n) is 6.45. The van der Waals surface area contributed by atoms with Gasteiger partial charge in [-0.25, -0.2) is 0 Å². The van der Waals surface area contributed by atoms with Gasteiger partial charge in [-0.1, -0.05) is 25.1 Å².